The van der Waals surface area contributed by atoms with Gasteiger partial charge in [0.1, 0.15) is 0 Å². The molecule has 4 atom stereocenters. The molecular formula is C20H32O3. The van der Waals surface area contributed by atoms with Crippen molar-refractivity contribution in [2.24, 2.45) is 5.92 Å². The lowest BCUT2D eigenvalue weighted by molar-refractivity contribution is 0.163. The van der Waals surface area contributed by atoms with E-state index >= 15 is 0 Å². The lowest BCUT2D eigenvalue weighted by atomic mass is 9.87. The fourth-order valence-electron chi connectivity index (χ4n) is 3.56. The Morgan fingerprint density at radius 2 is 2.13 bits per heavy atom. The maximum absolute atomic E-state index is 10.6. The van der Waals surface area contributed by atoms with Crippen LogP contribution in [-0.2, 0) is 4.74 Å². The van der Waals surface area contributed by atoms with Crippen LogP contribution in [0.3, 0.4) is 0 Å². The highest BCUT2D eigenvalue weighted by Gasteiger charge is 2.50. The van der Waals surface area contributed by atoms with Gasteiger partial charge in [-0.25, -0.2) is 0 Å². The average Bonchev–Trinajstić information content (AvgIpc) is 3.13. The third kappa shape index (κ3) is 5.03. The summed E-state index contributed by atoms with van der Waals surface area (Å²) in [6, 6.07) is 0. The van der Waals surface area contributed by atoms with Crippen LogP contribution in [0.4, 0.5) is 0 Å². The summed E-state index contributed by atoms with van der Waals surface area (Å²) in [7, 11) is 0. The predicted octanol–water partition coefficient (Wildman–Crippen LogP) is 3.92. The lowest BCUT2D eigenvalue weighted by Crippen LogP contribution is -2.20. The molecule has 3 heteroatoms. The van der Waals surface area contributed by atoms with Gasteiger partial charge in [-0.3, -0.25) is 0 Å². The summed E-state index contributed by atoms with van der Waals surface area (Å²) in [6.45, 7) is 10.4. The molecule has 0 unspecified atom stereocenters. The predicted molar refractivity (Wildman–Crippen MR) is 94.2 cm³/mol. The molecule has 0 amide bonds. The van der Waals surface area contributed by atoms with Gasteiger partial charge >= 0.3 is 0 Å². The largest absolute Gasteiger partial charge is 0.392 e. The molecule has 2 aliphatic rings. The number of hydrogen-bond acceptors (Lipinski definition) is 3. The summed E-state index contributed by atoms with van der Waals surface area (Å²) in [4.78, 5) is 0. The highest BCUT2D eigenvalue weighted by molar-refractivity contribution is 5.14. The molecule has 0 aromatic carbocycles. The number of aliphatic hydroxyl groups is 2. The zero-order valence-electron chi connectivity index (χ0n) is 14.8. The number of aliphatic hydroxyl groups excluding tert-OH is 2. The molecule has 0 spiro atoms. The van der Waals surface area contributed by atoms with Gasteiger partial charge in [-0.15, -0.1) is 0 Å². The molecule has 23 heavy (non-hydrogen) atoms. The van der Waals surface area contributed by atoms with Crippen LogP contribution in [0.2, 0.25) is 0 Å². The third-order valence-electron chi connectivity index (χ3n) is 5.40. The highest BCUT2D eigenvalue weighted by atomic mass is 16.6. The minimum Gasteiger partial charge on any atom is -0.392 e. The van der Waals surface area contributed by atoms with Crippen molar-refractivity contribution < 1.29 is 14.9 Å². The standard InChI is InChI=1S/C20H32O3/c1-14(2)17-9-7-15(3)6-5-11-20(4)19(23-20)10-8-16(13-21)12-18(17)22/h6,12,17-19,21-22H,1,5,7-11,13H2,2-4H3/b15-6-,16-12-/t17-,18+,19-,20-/m1/s1. The maximum atomic E-state index is 10.6. The number of rotatable bonds is 2. The van der Waals surface area contributed by atoms with E-state index in [0.29, 0.717) is 0 Å². The molecule has 1 aliphatic heterocycles. The number of ether oxygens (including phenoxy) is 1. The normalized spacial score (nSPS) is 40.8. The second-order valence-electron chi connectivity index (χ2n) is 7.51. The Morgan fingerprint density at radius 1 is 1.39 bits per heavy atom. The summed E-state index contributed by atoms with van der Waals surface area (Å²) < 4.78 is 5.88. The summed E-state index contributed by atoms with van der Waals surface area (Å²) in [6.07, 6.45) is 9.52. The molecule has 0 aromatic heterocycles. The molecule has 1 aliphatic carbocycles. The van der Waals surface area contributed by atoms with Crippen molar-refractivity contribution in [3.8, 4) is 0 Å². The zero-order valence-corrected chi connectivity index (χ0v) is 14.8. The van der Waals surface area contributed by atoms with Crippen molar-refractivity contribution in [1.29, 1.82) is 0 Å². The first kappa shape index (κ1) is 18.4. The summed E-state index contributed by atoms with van der Waals surface area (Å²) in [5.41, 5.74) is 3.28. The van der Waals surface area contributed by atoms with Gasteiger partial charge in [0.05, 0.1) is 24.4 Å². The number of fused-ring (bicyclic) bond motifs is 1. The number of epoxide rings is 1. The molecule has 3 nitrogen and oxygen atoms in total. The Morgan fingerprint density at radius 3 is 2.78 bits per heavy atom. The van der Waals surface area contributed by atoms with E-state index in [2.05, 4.69) is 26.5 Å². The van der Waals surface area contributed by atoms with Crippen LogP contribution in [0.1, 0.15) is 59.3 Å². The first-order chi connectivity index (χ1) is 10.9. The number of allylic oxidation sites excluding steroid dienone is 2. The van der Waals surface area contributed by atoms with Gasteiger partial charge in [0.2, 0.25) is 0 Å². The van der Waals surface area contributed by atoms with E-state index < -0.39 is 6.10 Å². The second-order valence-corrected chi connectivity index (χ2v) is 7.51. The number of hydrogen-bond donors (Lipinski definition) is 2. The first-order valence-electron chi connectivity index (χ1n) is 8.83. The van der Waals surface area contributed by atoms with E-state index in [9.17, 15) is 10.2 Å². The fourth-order valence-corrected chi connectivity index (χ4v) is 3.56. The van der Waals surface area contributed by atoms with Gasteiger partial charge in [0, 0.05) is 5.92 Å². The van der Waals surface area contributed by atoms with E-state index in [1.54, 1.807) is 0 Å². The van der Waals surface area contributed by atoms with Crippen LogP contribution in [0.15, 0.2) is 35.5 Å². The van der Waals surface area contributed by atoms with Gasteiger partial charge < -0.3 is 14.9 Å². The highest BCUT2D eigenvalue weighted by Crippen LogP contribution is 2.43. The third-order valence-corrected chi connectivity index (χ3v) is 5.40. The average molecular weight is 320 g/mol. The second kappa shape index (κ2) is 7.78. The minimum absolute atomic E-state index is 0.000316. The molecule has 0 saturated carbocycles. The topological polar surface area (TPSA) is 53.0 Å². The SMILES string of the molecule is C=C(C)[C@H]1CC/C(C)=C\CC[C@@]2(C)O[C@@H]2CC/C(CO)=C/[C@@H]1O. The monoisotopic (exact) mass is 320 g/mol. The first-order valence-corrected chi connectivity index (χ1v) is 8.83. The summed E-state index contributed by atoms with van der Waals surface area (Å²) in [5, 5.41) is 20.2. The molecule has 0 bridgehead atoms. The van der Waals surface area contributed by atoms with E-state index in [1.165, 1.54) is 5.57 Å². The quantitative estimate of drug-likeness (QED) is 0.599. The molecule has 0 radical (unpaired) electrons. The van der Waals surface area contributed by atoms with Crippen LogP contribution < -0.4 is 0 Å². The molecule has 130 valence electrons. The van der Waals surface area contributed by atoms with Crippen molar-refractivity contribution in [1.82, 2.24) is 0 Å². The van der Waals surface area contributed by atoms with Crippen LogP contribution in [0, 0.1) is 5.92 Å². The maximum Gasteiger partial charge on any atom is 0.0923 e. The molecule has 2 rings (SSSR count). The molecule has 0 aromatic rings. The Balaban J connectivity index is 2.15. The fraction of sp³-hybridized carbons (Fsp3) is 0.700. The van der Waals surface area contributed by atoms with Crippen molar-refractivity contribution >= 4 is 0 Å². The molecule has 1 fully saturated rings. The van der Waals surface area contributed by atoms with Gasteiger partial charge in [-0.1, -0.05) is 29.9 Å². The Kier molecular flexibility index (Phi) is 6.24. The van der Waals surface area contributed by atoms with Crippen molar-refractivity contribution in [2.75, 3.05) is 6.61 Å². The Hall–Kier alpha value is -0.900. The van der Waals surface area contributed by atoms with Crippen LogP contribution in [-0.4, -0.2) is 34.6 Å². The van der Waals surface area contributed by atoms with Gasteiger partial charge in [0.15, 0.2) is 0 Å². The van der Waals surface area contributed by atoms with Crippen LogP contribution >= 0.6 is 0 Å². The van der Waals surface area contributed by atoms with Crippen LogP contribution in [0.5, 0.6) is 0 Å². The van der Waals surface area contributed by atoms with Gasteiger partial charge in [0.25, 0.3) is 0 Å². The Bertz CT molecular complexity index is 491. The van der Waals surface area contributed by atoms with Crippen LogP contribution in [0.25, 0.3) is 0 Å². The smallest absolute Gasteiger partial charge is 0.0923 e. The molecule has 1 saturated heterocycles. The zero-order chi connectivity index (χ0) is 17.0. The lowest BCUT2D eigenvalue weighted by Gasteiger charge is -2.22. The summed E-state index contributed by atoms with van der Waals surface area (Å²) >= 11 is 0. The van der Waals surface area contributed by atoms with Crippen molar-refractivity contribution in [3.63, 3.8) is 0 Å². The minimum atomic E-state index is -0.572. The van der Waals surface area contributed by atoms with Gasteiger partial charge in [-0.2, -0.15) is 0 Å². The van der Waals surface area contributed by atoms with E-state index in [-0.39, 0.29) is 24.2 Å². The van der Waals surface area contributed by atoms with E-state index in [4.69, 9.17) is 4.74 Å². The summed E-state index contributed by atoms with van der Waals surface area (Å²) in [5.74, 6) is 0.0466. The molecular weight excluding hydrogens is 288 g/mol. The molecule has 2 N–H and O–H groups in total. The van der Waals surface area contributed by atoms with E-state index in [1.807, 2.05) is 13.0 Å². The Labute approximate surface area is 140 Å². The van der Waals surface area contributed by atoms with Crippen molar-refractivity contribution in [2.45, 2.75) is 77.1 Å². The van der Waals surface area contributed by atoms with Crippen molar-refractivity contribution in [3.05, 3.63) is 35.5 Å². The van der Waals surface area contributed by atoms with Gasteiger partial charge in [-0.05, 0) is 64.9 Å². The van der Waals surface area contributed by atoms with E-state index in [0.717, 1.165) is 49.7 Å². The molecule has 1 heterocycles.